The Morgan fingerprint density at radius 2 is 2.04 bits per heavy atom. The molecule has 3 aromatic rings. The Balaban J connectivity index is 1.46. The van der Waals surface area contributed by atoms with E-state index in [1.165, 1.54) is 0 Å². The molecule has 4 rings (SSSR count). The lowest BCUT2D eigenvalue weighted by atomic mass is 10.1. The zero-order valence-corrected chi connectivity index (χ0v) is 15.5. The fourth-order valence-electron chi connectivity index (χ4n) is 2.83. The zero-order valence-electron chi connectivity index (χ0n) is 13.1. The highest BCUT2D eigenvalue weighted by atomic mass is 79.9. The number of likely N-dealkylation sites (tertiary alicyclic amines) is 1. The number of amides is 1. The molecule has 1 aromatic carbocycles. The molecule has 0 aliphatic carbocycles. The molecule has 7 nitrogen and oxygen atoms in total. The molecule has 1 amide bonds. The number of fused-ring (bicyclic) bond motifs is 1. The first-order valence-electron chi connectivity index (χ1n) is 7.85. The lowest BCUT2D eigenvalue weighted by Gasteiger charge is -2.32. The van der Waals surface area contributed by atoms with Gasteiger partial charge in [-0.2, -0.15) is 8.75 Å². The number of halogens is 1. The summed E-state index contributed by atoms with van der Waals surface area (Å²) in [5.74, 6) is -0.0140. The molecule has 0 radical (unpaired) electrons. The zero-order chi connectivity index (χ0) is 17.2. The molecule has 1 aliphatic heterocycles. The Labute approximate surface area is 156 Å². The van der Waals surface area contributed by atoms with Gasteiger partial charge in [0.1, 0.15) is 17.1 Å². The average molecular weight is 420 g/mol. The molecule has 0 bridgehead atoms. The predicted molar refractivity (Wildman–Crippen MR) is 96.7 cm³/mol. The summed E-state index contributed by atoms with van der Waals surface area (Å²) in [6.07, 6.45) is 4.94. The van der Waals surface area contributed by atoms with Gasteiger partial charge in [0.25, 0.3) is 5.91 Å². The summed E-state index contributed by atoms with van der Waals surface area (Å²) in [5, 5.41) is 0. The van der Waals surface area contributed by atoms with Gasteiger partial charge < -0.3 is 9.64 Å². The van der Waals surface area contributed by atoms with Crippen LogP contribution in [-0.2, 0) is 0 Å². The van der Waals surface area contributed by atoms with E-state index in [9.17, 15) is 4.79 Å². The fourth-order valence-corrected chi connectivity index (χ4v) is 3.55. The molecule has 9 heteroatoms. The van der Waals surface area contributed by atoms with Crippen molar-refractivity contribution in [1.82, 2.24) is 23.6 Å². The van der Waals surface area contributed by atoms with Crippen LogP contribution in [0.3, 0.4) is 0 Å². The lowest BCUT2D eigenvalue weighted by molar-refractivity contribution is 0.0516. The molecule has 0 saturated carbocycles. The van der Waals surface area contributed by atoms with Gasteiger partial charge >= 0.3 is 6.01 Å². The van der Waals surface area contributed by atoms with Crippen molar-refractivity contribution in [3.05, 3.63) is 40.6 Å². The third-order valence-electron chi connectivity index (χ3n) is 4.03. The smallest absolute Gasteiger partial charge is 0.316 e. The number of carbonyl (C=O) groups excluding carboxylic acids is 1. The summed E-state index contributed by atoms with van der Waals surface area (Å²) in [7, 11) is 0. The van der Waals surface area contributed by atoms with Gasteiger partial charge in [-0.25, -0.2) is 9.97 Å². The maximum Gasteiger partial charge on any atom is 0.316 e. The number of ether oxygens (including phenoxy) is 1. The van der Waals surface area contributed by atoms with Gasteiger partial charge in [0, 0.05) is 24.5 Å². The number of piperidine rings is 1. The van der Waals surface area contributed by atoms with Crippen LogP contribution < -0.4 is 4.74 Å². The highest BCUT2D eigenvalue weighted by molar-refractivity contribution is 9.10. The van der Waals surface area contributed by atoms with Gasteiger partial charge in [0.2, 0.25) is 0 Å². The van der Waals surface area contributed by atoms with E-state index >= 15 is 0 Å². The largest absolute Gasteiger partial charge is 0.458 e. The van der Waals surface area contributed by atoms with Crippen LogP contribution in [0.2, 0.25) is 0 Å². The molecule has 1 saturated heterocycles. The highest BCUT2D eigenvalue weighted by Crippen LogP contribution is 2.20. The van der Waals surface area contributed by atoms with Crippen LogP contribution in [0.1, 0.15) is 23.2 Å². The van der Waals surface area contributed by atoms with Crippen LogP contribution >= 0.6 is 27.7 Å². The first kappa shape index (κ1) is 16.3. The molecule has 25 heavy (non-hydrogen) atoms. The second-order valence-corrected chi connectivity index (χ2v) is 7.23. The number of hydrogen-bond acceptors (Lipinski definition) is 7. The highest BCUT2D eigenvalue weighted by Gasteiger charge is 2.26. The first-order chi connectivity index (χ1) is 12.2. The predicted octanol–water partition coefficient (Wildman–Crippen LogP) is 2.93. The van der Waals surface area contributed by atoms with Crippen molar-refractivity contribution < 1.29 is 9.53 Å². The lowest BCUT2D eigenvalue weighted by Crippen LogP contribution is -2.44. The summed E-state index contributed by atoms with van der Waals surface area (Å²) in [6.45, 7) is 1.23. The molecular formula is C16H14BrN5O2S. The molecule has 0 N–H and O–H groups in total. The number of rotatable bonds is 3. The second-order valence-electron chi connectivity index (χ2n) is 5.78. The third-order valence-corrected chi connectivity index (χ3v) is 5.00. The number of aromatic nitrogens is 4. The quantitative estimate of drug-likeness (QED) is 0.648. The standard InChI is InChI=1S/C16H14BrN5O2S/c17-11-7-18-16(19-8-11)24-12-2-1-5-22(9-12)15(23)10-3-4-13-14(6-10)21-25-20-13/h3-4,6-8,12H,1-2,5,9H2. The monoisotopic (exact) mass is 419 g/mol. The van der Waals surface area contributed by atoms with Crippen molar-refractivity contribution in [2.75, 3.05) is 13.1 Å². The Hall–Kier alpha value is -2.13. The van der Waals surface area contributed by atoms with Crippen LogP contribution in [0.15, 0.2) is 35.1 Å². The molecular weight excluding hydrogens is 406 g/mol. The van der Waals surface area contributed by atoms with Gasteiger partial charge in [-0.3, -0.25) is 4.79 Å². The van der Waals surface area contributed by atoms with E-state index in [2.05, 4.69) is 34.6 Å². The number of carbonyl (C=O) groups is 1. The third kappa shape index (κ3) is 3.62. The molecule has 1 aliphatic rings. The van der Waals surface area contributed by atoms with Crippen molar-refractivity contribution >= 4 is 44.6 Å². The van der Waals surface area contributed by atoms with E-state index in [1.54, 1.807) is 24.5 Å². The fraction of sp³-hybridized carbons (Fsp3) is 0.312. The molecule has 2 aromatic heterocycles. The minimum atomic E-state index is -0.108. The van der Waals surface area contributed by atoms with Crippen molar-refractivity contribution in [2.24, 2.45) is 0 Å². The summed E-state index contributed by atoms with van der Waals surface area (Å²) < 4.78 is 15.0. The van der Waals surface area contributed by atoms with Gasteiger partial charge in [0.15, 0.2) is 0 Å². The summed E-state index contributed by atoms with van der Waals surface area (Å²) in [6, 6.07) is 5.76. The van der Waals surface area contributed by atoms with E-state index in [1.807, 2.05) is 11.0 Å². The minimum absolute atomic E-state index is 0.0140. The van der Waals surface area contributed by atoms with E-state index < -0.39 is 0 Å². The molecule has 1 fully saturated rings. The molecule has 1 unspecified atom stereocenters. The molecule has 3 heterocycles. The van der Waals surface area contributed by atoms with Crippen LogP contribution in [0.25, 0.3) is 11.0 Å². The normalized spacial score (nSPS) is 17.6. The van der Waals surface area contributed by atoms with E-state index in [-0.39, 0.29) is 12.0 Å². The maximum absolute atomic E-state index is 12.8. The van der Waals surface area contributed by atoms with Crippen molar-refractivity contribution in [3.63, 3.8) is 0 Å². The maximum atomic E-state index is 12.8. The molecule has 1 atom stereocenters. The van der Waals surface area contributed by atoms with Crippen molar-refractivity contribution in [1.29, 1.82) is 0 Å². The minimum Gasteiger partial charge on any atom is -0.458 e. The summed E-state index contributed by atoms with van der Waals surface area (Å²) in [4.78, 5) is 22.9. The first-order valence-corrected chi connectivity index (χ1v) is 9.37. The van der Waals surface area contributed by atoms with Crippen molar-refractivity contribution in [3.8, 4) is 6.01 Å². The summed E-state index contributed by atoms with van der Waals surface area (Å²) in [5.41, 5.74) is 2.19. The Morgan fingerprint density at radius 1 is 1.24 bits per heavy atom. The number of hydrogen-bond donors (Lipinski definition) is 0. The average Bonchev–Trinajstić information content (AvgIpc) is 3.11. The Kier molecular flexibility index (Phi) is 4.58. The van der Waals surface area contributed by atoms with Crippen molar-refractivity contribution in [2.45, 2.75) is 18.9 Å². The molecule has 128 valence electrons. The van der Waals surface area contributed by atoms with Crippen LogP contribution in [-0.4, -0.2) is 48.7 Å². The topological polar surface area (TPSA) is 81.1 Å². The Bertz CT molecular complexity index is 901. The summed E-state index contributed by atoms with van der Waals surface area (Å²) >= 11 is 4.45. The number of benzene rings is 1. The van der Waals surface area contributed by atoms with Crippen LogP contribution in [0.4, 0.5) is 0 Å². The SMILES string of the molecule is O=C(c1ccc2nsnc2c1)N1CCCC(Oc2ncc(Br)cn2)C1. The van der Waals surface area contributed by atoms with Gasteiger partial charge in [-0.1, -0.05) is 0 Å². The van der Waals surface area contributed by atoms with E-state index in [4.69, 9.17) is 4.74 Å². The van der Waals surface area contributed by atoms with Gasteiger partial charge in [0.05, 0.1) is 22.7 Å². The van der Waals surface area contributed by atoms with Gasteiger partial charge in [-0.05, 0) is 47.0 Å². The van der Waals surface area contributed by atoms with Crippen LogP contribution in [0, 0.1) is 0 Å². The van der Waals surface area contributed by atoms with E-state index in [0.29, 0.717) is 24.7 Å². The van der Waals surface area contributed by atoms with Gasteiger partial charge in [-0.15, -0.1) is 0 Å². The van der Waals surface area contributed by atoms with E-state index in [0.717, 1.165) is 40.1 Å². The molecule has 0 spiro atoms. The Morgan fingerprint density at radius 3 is 2.88 bits per heavy atom. The number of nitrogens with zero attached hydrogens (tertiary/aromatic N) is 5. The second kappa shape index (κ2) is 7.01. The van der Waals surface area contributed by atoms with Crippen LogP contribution in [0.5, 0.6) is 6.01 Å².